The van der Waals surface area contributed by atoms with E-state index in [4.69, 9.17) is 11.7 Å². The first-order valence-electron chi connectivity index (χ1n) is 11.7. The quantitative estimate of drug-likeness (QED) is 0.191. The van der Waals surface area contributed by atoms with Gasteiger partial charge in [-0.3, -0.25) is 14.1 Å². The van der Waals surface area contributed by atoms with Crippen molar-refractivity contribution >= 4 is 5.84 Å². The van der Waals surface area contributed by atoms with E-state index >= 15 is 0 Å². The molecule has 4 rings (SSSR count). The first kappa shape index (κ1) is 22.8. The minimum Gasteiger partial charge on any atom is -0.321 e. The van der Waals surface area contributed by atoms with Crippen molar-refractivity contribution in [1.82, 2.24) is 19.5 Å². The Balaban J connectivity index is 1.58. The summed E-state index contributed by atoms with van der Waals surface area (Å²) in [4.78, 5) is 17.8. The van der Waals surface area contributed by atoms with E-state index in [0.717, 1.165) is 66.2 Å². The van der Waals surface area contributed by atoms with E-state index in [1.807, 2.05) is 51.7 Å². The van der Waals surface area contributed by atoms with Crippen molar-refractivity contribution in [3.8, 4) is 11.3 Å². The number of nitrogens with one attached hydrogen (secondary N) is 1. The Morgan fingerprint density at radius 2 is 2.06 bits per heavy atom. The highest BCUT2D eigenvalue weighted by Crippen LogP contribution is 2.33. The van der Waals surface area contributed by atoms with Gasteiger partial charge in [-0.05, 0) is 36.8 Å². The molecule has 1 saturated carbocycles. The van der Waals surface area contributed by atoms with Crippen LogP contribution < -0.4 is 22.8 Å². The van der Waals surface area contributed by atoms with E-state index in [1.165, 1.54) is 12.8 Å². The van der Waals surface area contributed by atoms with Crippen LogP contribution >= 0.6 is 0 Å². The number of aryl methyl sites for hydroxylation is 2. The molecule has 3 aromatic rings. The average Bonchev–Trinajstić information content (AvgIpc) is 3.63. The van der Waals surface area contributed by atoms with Gasteiger partial charge in [-0.2, -0.15) is 5.10 Å². The van der Waals surface area contributed by atoms with Gasteiger partial charge in [-0.1, -0.05) is 56.5 Å². The molecule has 2 aromatic heterocycles. The Morgan fingerprint density at radius 1 is 1.24 bits per heavy atom. The van der Waals surface area contributed by atoms with Gasteiger partial charge in [-0.25, -0.2) is 10.6 Å². The summed E-state index contributed by atoms with van der Waals surface area (Å²) in [5.74, 6) is 12.3. The predicted octanol–water partition coefficient (Wildman–Crippen LogP) is 2.99. The van der Waals surface area contributed by atoms with Crippen molar-refractivity contribution in [2.45, 2.75) is 58.5 Å². The zero-order valence-electron chi connectivity index (χ0n) is 19.2. The highest BCUT2D eigenvalue weighted by atomic mass is 16.1. The molecule has 0 radical (unpaired) electrons. The number of amidine groups is 1. The number of nitrogens with two attached hydrogens (primary N) is 2. The van der Waals surface area contributed by atoms with E-state index in [1.54, 1.807) is 0 Å². The van der Waals surface area contributed by atoms with Gasteiger partial charge in [0.05, 0.1) is 12.2 Å². The smallest absolute Gasteiger partial charge is 0.321 e. The number of imidazole rings is 1. The molecule has 0 saturated heterocycles. The van der Waals surface area contributed by atoms with E-state index in [0.29, 0.717) is 12.4 Å². The molecular weight excluding hydrogens is 414 g/mol. The van der Waals surface area contributed by atoms with Crippen molar-refractivity contribution in [1.29, 1.82) is 0 Å². The van der Waals surface area contributed by atoms with Crippen molar-refractivity contribution in [2.75, 3.05) is 0 Å². The summed E-state index contributed by atoms with van der Waals surface area (Å²) in [6, 6.07) is 11.7. The molecule has 1 aliphatic carbocycles. The molecule has 1 fully saturated rings. The summed E-state index contributed by atoms with van der Waals surface area (Å²) < 4.78 is 3.79. The number of nitrogens with zero attached hydrogens (tertiary/aromatic N) is 4. The highest BCUT2D eigenvalue weighted by Gasteiger charge is 2.22. The number of hydrazone groups is 1. The van der Waals surface area contributed by atoms with Crippen LogP contribution in [0.2, 0.25) is 0 Å². The number of benzene rings is 1. The van der Waals surface area contributed by atoms with Crippen molar-refractivity contribution in [3.05, 3.63) is 76.1 Å². The van der Waals surface area contributed by atoms with Crippen LogP contribution in [-0.4, -0.2) is 20.0 Å². The molecule has 0 atom stereocenters. The topological polar surface area (TPSA) is 116 Å². The molecule has 33 heavy (non-hydrogen) atoms. The van der Waals surface area contributed by atoms with Crippen molar-refractivity contribution in [2.24, 2.45) is 22.7 Å². The second-order valence-electron chi connectivity index (χ2n) is 8.74. The number of aromatic nitrogens is 3. The zero-order chi connectivity index (χ0) is 23.2. The molecule has 0 bridgehead atoms. The monoisotopic (exact) mass is 447 g/mol. The molecule has 0 aliphatic heterocycles. The van der Waals surface area contributed by atoms with Gasteiger partial charge in [-0.15, -0.1) is 0 Å². The van der Waals surface area contributed by atoms with Crippen LogP contribution in [-0.2, 0) is 19.5 Å². The normalized spacial score (nSPS) is 13.9. The van der Waals surface area contributed by atoms with Crippen LogP contribution in [0.1, 0.15) is 55.8 Å². The molecule has 8 heteroatoms. The molecule has 1 aromatic carbocycles. The Labute approximate surface area is 194 Å². The van der Waals surface area contributed by atoms with E-state index in [-0.39, 0.29) is 5.69 Å². The van der Waals surface area contributed by atoms with E-state index in [2.05, 4.69) is 28.6 Å². The molecule has 174 valence electrons. The molecule has 0 unspecified atom stereocenters. The Hall–Kier alpha value is -3.39. The summed E-state index contributed by atoms with van der Waals surface area (Å²) >= 11 is 0. The Morgan fingerprint density at radius 3 is 2.73 bits per heavy atom. The minimum absolute atomic E-state index is 0.0708. The standard InChI is InChI=1S/C25H33N7O/c1-2-3-14-31-17-20(12-10-18-8-9-18)32(25(31)33)16-19-11-13-23(28-15-19)21-6-4-5-7-22(21)24(29-26)30-27/h4-7,11,13,15,17-18H,2-3,8-10,12,14,16,26-27H2,1H3,(H,29,30). The lowest BCUT2D eigenvalue weighted by Crippen LogP contribution is -2.32. The average molecular weight is 448 g/mol. The third-order valence-electron chi connectivity index (χ3n) is 6.28. The number of hydrogen-bond acceptors (Lipinski definition) is 5. The fraction of sp³-hybridized carbons (Fsp3) is 0.400. The number of hydrazine groups is 1. The van der Waals surface area contributed by atoms with Crippen LogP contribution in [0.3, 0.4) is 0 Å². The Bertz CT molecular complexity index is 1160. The van der Waals surface area contributed by atoms with Gasteiger partial charge in [0.25, 0.3) is 0 Å². The number of pyridine rings is 1. The van der Waals surface area contributed by atoms with Gasteiger partial charge in [0.15, 0.2) is 5.84 Å². The first-order chi connectivity index (χ1) is 16.1. The second kappa shape index (κ2) is 10.5. The molecule has 8 nitrogen and oxygen atoms in total. The zero-order valence-corrected chi connectivity index (χ0v) is 19.2. The largest absolute Gasteiger partial charge is 0.328 e. The van der Waals surface area contributed by atoms with Crippen LogP contribution in [0.15, 0.2) is 58.7 Å². The van der Waals surface area contributed by atoms with Gasteiger partial charge in [0.2, 0.25) is 0 Å². The lowest BCUT2D eigenvalue weighted by molar-refractivity contribution is 0.590. The SMILES string of the molecule is CCCCn1cc(CCC2CC2)n(Cc2ccc(-c3ccccc3/C(=N/N)NN)nc2)c1=O. The molecule has 1 aliphatic rings. The van der Waals surface area contributed by atoms with E-state index < -0.39 is 0 Å². The maximum atomic E-state index is 13.1. The van der Waals surface area contributed by atoms with Crippen molar-refractivity contribution < 1.29 is 0 Å². The van der Waals surface area contributed by atoms with Gasteiger partial charge in [0.1, 0.15) is 0 Å². The van der Waals surface area contributed by atoms with Gasteiger partial charge < -0.3 is 11.3 Å². The van der Waals surface area contributed by atoms with Crippen molar-refractivity contribution in [3.63, 3.8) is 0 Å². The van der Waals surface area contributed by atoms with Crippen LogP contribution in [0.25, 0.3) is 11.3 Å². The highest BCUT2D eigenvalue weighted by molar-refractivity contribution is 6.03. The number of unbranched alkanes of at least 4 members (excludes halogenated alkanes) is 1. The van der Waals surface area contributed by atoms with Gasteiger partial charge in [0, 0.05) is 35.8 Å². The molecule has 5 N–H and O–H groups in total. The van der Waals surface area contributed by atoms with Gasteiger partial charge >= 0.3 is 5.69 Å². The first-order valence-corrected chi connectivity index (χ1v) is 11.7. The molecular formula is C25H33N7O. The Kier molecular flexibility index (Phi) is 7.24. The fourth-order valence-corrected chi connectivity index (χ4v) is 4.16. The summed E-state index contributed by atoms with van der Waals surface area (Å²) in [5.41, 5.74) is 7.15. The summed E-state index contributed by atoms with van der Waals surface area (Å²) in [6.07, 6.45) is 10.7. The lowest BCUT2D eigenvalue weighted by atomic mass is 10.0. The summed E-state index contributed by atoms with van der Waals surface area (Å²) in [7, 11) is 0. The molecule has 0 amide bonds. The third kappa shape index (κ3) is 5.34. The maximum Gasteiger partial charge on any atom is 0.328 e. The fourth-order valence-electron chi connectivity index (χ4n) is 4.16. The number of hydrogen-bond donors (Lipinski definition) is 3. The minimum atomic E-state index is 0.0708. The summed E-state index contributed by atoms with van der Waals surface area (Å²) in [5, 5.41) is 3.73. The maximum absolute atomic E-state index is 13.1. The molecule has 0 spiro atoms. The summed E-state index contributed by atoms with van der Waals surface area (Å²) in [6.45, 7) is 3.44. The molecule has 2 heterocycles. The van der Waals surface area contributed by atoms with E-state index in [9.17, 15) is 4.79 Å². The van der Waals surface area contributed by atoms with Crippen LogP contribution in [0.5, 0.6) is 0 Å². The van der Waals surface area contributed by atoms with Crippen LogP contribution in [0.4, 0.5) is 0 Å². The lowest BCUT2D eigenvalue weighted by Gasteiger charge is -2.11. The number of rotatable bonds is 10. The predicted molar refractivity (Wildman–Crippen MR) is 131 cm³/mol. The third-order valence-corrected chi connectivity index (χ3v) is 6.28. The second-order valence-corrected chi connectivity index (χ2v) is 8.74. The van der Waals surface area contributed by atoms with Crippen LogP contribution in [0, 0.1) is 5.92 Å².